The van der Waals surface area contributed by atoms with Crippen LogP contribution >= 0.6 is 22.9 Å². The molecule has 2 rings (SSSR count). The summed E-state index contributed by atoms with van der Waals surface area (Å²) in [6.07, 6.45) is 0. The number of carbonyl (C=O) groups is 1. The molecule has 0 aliphatic heterocycles. The Morgan fingerprint density at radius 1 is 1.16 bits per heavy atom. The molecule has 1 heterocycles. The highest BCUT2D eigenvalue weighted by molar-refractivity contribution is 7.17. The van der Waals surface area contributed by atoms with E-state index >= 15 is 0 Å². The number of carbonyl (C=O) groups excluding carboxylic acids is 1. The molecule has 3 N–H and O–H groups in total. The highest BCUT2D eigenvalue weighted by atomic mass is 35.5. The zero-order valence-electron chi connectivity index (χ0n) is 9.81. The van der Waals surface area contributed by atoms with Crippen LogP contribution in [0, 0.1) is 0 Å². The molecule has 0 aliphatic carbocycles. The van der Waals surface area contributed by atoms with Crippen LogP contribution in [0.25, 0.3) is 5.70 Å². The maximum Gasteiger partial charge on any atom is 0.269 e. The van der Waals surface area contributed by atoms with Crippen LogP contribution in [0.2, 0.25) is 4.34 Å². The fourth-order valence-electron chi connectivity index (χ4n) is 1.36. The molecule has 0 saturated carbocycles. The Balaban J connectivity index is 1.93. The van der Waals surface area contributed by atoms with Crippen molar-refractivity contribution in [1.82, 2.24) is 10.9 Å². The van der Waals surface area contributed by atoms with Crippen LogP contribution in [-0.2, 0) is 0 Å². The fourth-order valence-corrected chi connectivity index (χ4v) is 2.32. The number of phenolic OH excluding ortho intramolecular Hbond substituents is 1. The van der Waals surface area contributed by atoms with E-state index in [1.807, 2.05) is 6.07 Å². The van der Waals surface area contributed by atoms with Gasteiger partial charge in [0.2, 0.25) is 0 Å². The first-order valence-electron chi connectivity index (χ1n) is 5.36. The average Bonchev–Trinajstić information content (AvgIpc) is 2.83. The summed E-state index contributed by atoms with van der Waals surface area (Å²) in [5.41, 5.74) is 6.23. The summed E-state index contributed by atoms with van der Waals surface area (Å²) in [5.74, 6) is -0.203. The third-order valence-corrected chi connectivity index (χ3v) is 3.62. The zero-order chi connectivity index (χ0) is 13.8. The standard InChI is InChI=1S/C13H11ClN2O2S/c1-8(11-6-7-12(14)19-11)15-16-13(18)9-2-4-10(17)5-3-9/h2-7,15,17H,1H2,(H,16,18). The Bertz CT molecular complexity index is 607. The lowest BCUT2D eigenvalue weighted by molar-refractivity contribution is 0.0942. The molecule has 0 fully saturated rings. The highest BCUT2D eigenvalue weighted by Gasteiger charge is 2.07. The van der Waals surface area contributed by atoms with Crippen LogP contribution in [-0.4, -0.2) is 11.0 Å². The van der Waals surface area contributed by atoms with Crippen LogP contribution in [0.5, 0.6) is 5.75 Å². The summed E-state index contributed by atoms with van der Waals surface area (Å²) in [6.45, 7) is 3.80. The summed E-state index contributed by atoms with van der Waals surface area (Å²) < 4.78 is 0.655. The number of hydrazine groups is 1. The number of aromatic hydroxyl groups is 1. The summed E-state index contributed by atoms with van der Waals surface area (Å²) in [6, 6.07) is 9.52. The van der Waals surface area contributed by atoms with Gasteiger partial charge in [0.1, 0.15) is 5.75 Å². The Morgan fingerprint density at radius 2 is 1.84 bits per heavy atom. The first kappa shape index (κ1) is 13.5. The average molecular weight is 295 g/mol. The number of amides is 1. The van der Waals surface area contributed by atoms with Crippen LogP contribution in [0.3, 0.4) is 0 Å². The van der Waals surface area contributed by atoms with Gasteiger partial charge in [-0.25, -0.2) is 0 Å². The number of hydrogen-bond donors (Lipinski definition) is 3. The van der Waals surface area contributed by atoms with E-state index in [4.69, 9.17) is 16.7 Å². The summed E-state index contributed by atoms with van der Waals surface area (Å²) >= 11 is 7.18. The fraction of sp³-hybridized carbons (Fsp3) is 0. The molecule has 0 radical (unpaired) electrons. The van der Waals surface area contributed by atoms with Gasteiger partial charge in [-0.05, 0) is 36.4 Å². The van der Waals surface area contributed by atoms with E-state index in [1.165, 1.54) is 35.6 Å². The topological polar surface area (TPSA) is 61.4 Å². The molecular weight excluding hydrogens is 284 g/mol. The smallest absolute Gasteiger partial charge is 0.269 e. The number of thiophene rings is 1. The molecular formula is C13H11ClN2O2S. The molecule has 0 saturated heterocycles. The van der Waals surface area contributed by atoms with Crippen LogP contribution in [0.15, 0.2) is 43.0 Å². The number of phenols is 1. The number of benzene rings is 1. The number of halogens is 1. The Hall–Kier alpha value is -1.98. The molecule has 0 unspecified atom stereocenters. The normalized spacial score (nSPS) is 9.95. The van der Waals surface area contributed by atoms with Crippen molar-refractivity contribution in [3.05, 3.63) is 57.8 Å². The van der Waals surface area contributed by atoms with Crippen molar-refractivity contribution in [2.24, 2.45) is 0 Å². The van der Waals surface area contributed by atoms with E-state index in [0.29, 0.717) is 15.6 Å². The summed E-state index contributed by atoms with van der Waals surface area (Å²) in [7, 11) is 0. The van der Waals surface area contributed by atoms with Crippen molar-refractivity contribution in [2.75, 3.05) is 0 Å². The van der Waals surface area contributed by atoms with Gasteiger partial charge in [0.25, 0.3) is 5.91 Å². The Kier molecular flexibility index (Phi) is 4.09. The van der Waals surface area contributed by atoms with E-state index < -0.39 is 0 Å². The predicted molar refractivity (Wildman–Crippen MR) is 77.1 cm³/mol. The molecule has 19 heavy (non-hydrogen) atoms. The van der Waals surface area contributed by atoms with E-state index in [-0.39, 0.29) is 11.7 Å². The molecule has 0 bridgehead atoms. The van der Waals surface area contributed by atoms with Crippen molar-refractivity contribution in [1.29, 1.82) is 0 Å². The van der Waals surface area contributed by atoms with Gasteiger partial charge in [0.05, 0.1) is 14.9 Å². The molecule has 1 aromatic carbocycles. The predicted octanol–water partition coefficient (Wildman–Crippen LogP) is 3.01. The van der Waals surface area contributed by atoms with Crippen LogP contribution in [0.4, 0.5) is 0 Å². The number of rotatable bonds is 4. The molecule has 2 aromatic rings. The van der Waals surface area contributed by atoms with Gasteiger partial charge in [-0.2, -0.15) is 0 Å². The quantitative estimate of drug-likeness (QED) is 0.760. The lowest BCUT2D eigenvalue weighted by Gasteiger charge is -2.09. The van der Waals surface area contributed by atoms with Crippen molar-refractivity contribution in [3.8, 4) is 5.75 Å². The van der Waals surface area contributed by atoms with E-state index in [9.17, 15) is 4.79 Å². The molecule has 1 amide bonds. The van der Waals surface area contributed by atoms with E-state index in [2.05, 4.69) is 17.4 Å². The molecule has 1 aromatic heterocycles. The first-order chi connectivity index (χ1) is 9.06. The van der Waals surface area contributed by atoms with Crippen LogP contribution < -0.4 is 10.9 Å². The van der Waals surface area contributed by atoms with Crippen molar-refractivity contribution >= 4 is 34.5 Å². The minimum atomic E-state index is -0.316. The van der Waals surface area contributed by atoms with Gasteiger partial charge in [-0.15, -0.1) is 11.3 Å². The zero-order valence-corrected chi connectivity index (χ0v) is 11.4. The minimum Gasteiger partial charge on any atom is -0.508 e. The molecule has 0 spiro atoms. The molecule has 0 atom stereocenters. The van der Waals surface area contributed by atoms with E-state index in [1.54, 1.807) is 6.07 Å². The summed E-state index contributed by atoms with van der Waals surface area (Å²) in [4.78, 5) is 12.6. The maximum absolute atomic E-state index is 11.8. The second-order valence-electron chi connectivity index (χ2n) is 3.71. The largest absolute Gasteiger partial charge is 0.508 e. The van der Waals surface area contributed by atoms with Gasteiger partial charge in [0.15, 0.2) is 0 Å². The van der Waals surface area contributed by atoms with E-state index in [0.717, 1.165) is 4.88 Å². The molecule has 0 aliphatic rings. The summed E-state index contributed by atoms with van der Waals surface area (Å²) in [5, 5.41) is 9.14. The third kappa shape index (κ3) is 3.49. The van der Waals surface area contributed by atoms with Gasteiger partial charge in [-0.1, -0.05) is 18.2 Å². The molecule has 6 heteroatoms. The number of nitrogens with one attached hydrogen (secondary N) is 2. The monoisotopic (exact) mass is 294 g/mol. The SMILES string of the molecule is C=C(NNC(=O)c1ccc(O)cc1)c1ccc(Cl)s1. The van der Waals surface area contributed by atoms with Gasteiger partial charge in [0, 0.05) is 5.56 Å². The van der Waals surface area contributed by atoms with Crippen molar-refractivity contribution in [3.63, 3.8) is 0 Å². The first-order valence-corrected chi connectivity index (χ1v) is 6.56. The van der Waals surface area contributed by atoms with Crippen LogP contribution in [0.1, 0.15) is 15.2 Å². The van der Waals surface area contributed by atoms with Gasteiger partial charge >= 0.3 is 0 Å². The maximum atomic E-state index is 11.8. The van der Waals surface area contributed by atoms with Gasteiger partial charge < -0.3 is 5.11 Å². The third-order valence-electron chi connectivity index (χ3n) is 2.33. The lowest BCUT2D eigenvalue weighted by atomic mass is 10.2. The second-order valence-corrected chi connectivity index (χ2v) is 5.42. The minimum absolute atomic E-state index is 0.113. The Labute approximate surface area is 119 Å². The second kappa shape index (κ2) is 5.77. The van der Waals surface area contributed by atoms with Crippen molar-refractivity contribution in [2.45, 2.75) is 0 Å². The van der Waals surface area contributed by atoms with Gasteiger partial charge in [-0.3, -0.25) is 15.6 Å². The Morgan fingerprint density at radius 3 is 2.42 bits per heavy atom. The number of hydrogen-bond acceptors (Lipinski definition) is 4. The highest BCUT2D eigenvalue weighted by Crippen LogP contribution is 2.25. The lowest BCUT2D eigenvalue weighted by Crippen LogP contribution is -2.35. The molecule has 98 valence electrons. The van der Waals surface area contributed by atoms with Crippen molar-refractivity contribution < 1.29 is 9.90 Å². The molecule has 4 nitrogen and oxygen atoms in total.